The maximum atomic E-state index is 10.8. The quantitative estimate of drug-likeness (QED) is 0.852. The molecule has 0 saturated heterocycles. The van der Waals surface area contributed by atoms with Gasteiger partial charge in [0.05, 0.1) is 5.69 Å². The van der Waals surface area contributed by atoms with Gasteiger partial charge in [0, 0.05) is 5.56 Å². The first-order valence-corrected chi connectivity index (χ1v) is 5.47. The predicted octanol–water partition coefficient (Wildman–Crippen LogP) is 2.90. The lowest BCUT2D eigenvalue weighted by atomic mass is 9.95. The zero-order chi connectivity index (χ0) is 12.4. The van der Waals surface area contributed by atoms with Gasteiger partial charge in [0.2, 0.25) is 0 Å². The van der Waals surface area contributed by atoms with Crippen LogP contribution >= 0.6 is 0 Å². The lowest BCUT2D eigenvalue weighted by Crippen LogP contribution is -1.95. The summed E-state index contributed by atoms with van der Waals surface area (Å²) >= 11 is 0. The average molecular weight is 230 g/mol. The second kappa shape index (κ2) is 4.41. The van der Waals surface area contributed by atoms with Crippen molar-refractivity contribution in [2.75, 3.05) is 0 Å². The van der Waals surface area contributed by atoms with Crippen LogP contribution in [-0.4, -0.2) is 21.3 Å². The molecule has 2 aromatic rings. The molecule has 88 valence electrons. The van der Waals surface area contributed by atoms with Crippen molar-refractivity contribution in [1.29, 1.82) is 0 Å². The Morgan fingerprint density at radius 1 is 1.35 bits per heavy atom. The van der Waals surface area contributed by atoms with Crippen LogP contribution < -0.4 is 0 Å². The highest BCUT2D eigenvalue weighted by atomic mass is 16.4. The molecule has 0 aliphatic carbocycles. The molecular weight excluding hydrogens is 216 g/mol. The first-order chi connectivity index (χ1) is 8.09. The van der Waals surface area contributed by atoms with Crippen molar-refractivity contribution in [3.8, 4) is 11.3 Å². The van der Waals surface area contributed by atoms with Gasteiger partial charge in [-0.25, -0.2) is 4.79 Å². The lowest BCUT2D eigenvalue weighted by molar-refractivity contribution is 0.0690. The van der Waals surface area contributed by atoms with E-state index in [1.165, 1.54) is 0 Å². The van der Waals surface area contributed by atoms with Gasteiger partial charge in [-0.2, -0.15) is 5.10 Å². The topological polar surface area (TPSA) is 66.0 Å². The Morgan fingerprint density at radius 2 is 2.06 bits per heavy atom. The van der Waals surface area contributed by atoms with E-state index in [1.54, 1.807) is 6.07 Å². The first-order valence-electron chi connectivity index (χ1n) is 5.47. The normalized spacial score (nSPS) is 10.8. The summed E-state index contributed by atoms with van der Waals surface area (Å²) in [5.41, 5.74) is 2.92. The molecular formula is C13H14N2O2. The number of hydrogen-bond donors (Lipinski definition) is 2. The minimum Gasteiger partial charge on any atom is -0.477 e. The van der Waals surface area contributed by atoms with Gasteiger partial charge in [0.25, 0.3) is 0 Å². The minimum atomic E-state index is -0.995. The van der Waals surface area contributed by atoms with Crippen LogP contribution in [0.3, 0.4) is 0 Å². The second-order valence-corrected chi connectivity index (χ2v) is 4.21. The van der Waals surface area contributed by atoms with Crippen LogP contribution in [0.1, 0.15) is 35.8 Å². The van der Waals surface area contributed by atoms with Gasteiger partial charge < -0.3 is 5.11 Å². The van der Waals surface area contributed by atoms with Crippen LogP contribution in [0, 0.1) is 0 Å². The minimum absolute atomic E-state index is 0.110. The molecule has 0 unspecified atom stereocenters. The SMILES string of the molecule is CC(C)c1ccccc1-c1cc(C(=O)O)[nH]n1. The molecule has 2 rings (SSSR count). The number of nitrogens with one attached hydrogen (secondary N) is 1. The standard InChI is InChI=1S/C13H14N2O2/c1-8(2)9-5-3-4-6-10(9)11-7-12(13(16)17)15-14-11/h3-8H,1-2H3,(H,14,15)(H,16,17). The number of H-pyrrole nitrogens is 1. The van der Waals surface area contributed by atoms with Crippen LogP contribution in [0.4, 0.5) is 0 Å². The predicted molar refractivity (Wildman–Crippen MR) is 65.1 cm³/mol. The van der Waals surface area contributed by atoms with Crippen molar-refractivity contribution in [2.24, 2.45) is 0 Å². The third-order valence-corrected chi connectivity index (χ3v) is 2.67. The molecule has 0 fully saturated rings. The van der Waals surface area contributed by atoms with Crippen LogP contribution in [0.5, 0.6) is 0 Å². The summed E-state index contributed by atoms with van der Waals surface area (Å²) in [6, 6.07) is 9.45. The molecule has 1 heterocycles. The Balaban J connectivity index is 2.48. The summed E-state index contributed by atoms with van der Waals surface area (Å²) < 4.78 is 0. The van der Waals surface area contributed by atoms with Crippen molar-refractivity contribution in [3.05, 3.63) is 41.6 Å². The molecule has 17 heavy (non-hydrogen) atoms. The Labute approximate surface area is 99.3 Å². The van der Waals surface area contributed by atoms with E-state index in [2.05, 4.69) is 24.0 Å². The molecule has 0 saturated carbocycles. The summed E-state index contributed by atoms with van der Waals surface area (Å²) in [5.74, 6) is -0.623. The van der Waals surface area contributed by atoms with E-state index in [-0.39, 0.29) is 5.69 Å². The van der Waals surface area contributed by atoms with Crippen molar-refractivity contribution in [3.63, 3.8) is 0 Å². The smallest absolute Gasteiger partial charge is 0.353 e. The van der Waals surface area contributed by atoms with Gasteiger partial charge in [-0.3, -0.25) is 5.10 Å². The highest BCUT2D eigenvalue weighted by Gasteiger charge is 2.13. The van der Waals surface area contributed by atoms with E-state index in [4.69, 9.17) is 5.11 Å². The van der Waals surface area contributed by atoms with Gasteiger partial charge in [0.15, 0.2) is 0 Å². The number of carboxylic acid groups (broad SMARTS) is 1. The van der Waals surface area contributed by atoms with Crippen molar-refractivity contribution >= 4 is 5.97 Å². The maximum Gasteiger partial charge on any atom is 0.353 e. The third-order valence-electron chi connectivity index (χ3n) is 2.67. The molecule has 0 atom stereocenters. The highest BCUT2D eigenvalue weighted by Crippen LogP contribution is 2.27. The zero-order valence-electron chi connectivity index (χ0n) is 9.77. The number of carboxylic acids is 1. The summed E-state index contributed by atoms with van der Waals surface area (Å²) in [6.45, 7) is 4.20. The number of aromatic nitrogens is 2. The molecule has 0 aliphatic rings. The fraction of sp³-hybridized carbons (Fsp3) is 0.231. The molecule has 0 radical (unpaired) electrons. The summed E-state index contributed by atoms with van der Waals surface area (Å²) in [7, 11) is 0. The van der Waals surface area contributed by atoms with Gasteiger partial charge in [-0.05, 0) is 17.5 Å². The number of nitrogens with zero attached hydrogens (tertiary/aromatic N) is 1. The Kier molecular flexibility index (Phi) is 2.95. The van der Waals surface area contributed by atoms with E-state index < -0.39 is 5.97 Å². The number of aromatic carboxylic acids is 1. The molecule has 0 bridgehead atoms. The Morgan fingerprint density at radius 3 is 2.65 bits per heavy atom. The molecule has 4 heteroatoms. The largest absolute Gasteiger partial charge is 0.477 e. The van der Waals surface area contributed by atoms with Crippen molar-refractivity contribution in [2.45, 2.75) is 19.8 Å². The van der Waals surface area contributed by atoms with E-state index in [0.717, 1.165) is 11.1 Å². The summed E-state index contributed by atoms with van der Waals surface area (Å²) in [4.78, 5) is 10.8. The molecule has 0 aliphatic heterocycles. The van der Waals surface area contributed by atoms with E-state index in [0.29, 0.717) is 11.6 Å². The third kappa shape index (κ3) is 2.20. The van der Waals surface area contributed by atoms with E-state index in [1.807, 2.05) is 24.3 Å². The summed E-state index contributed by atoms with van der Waals surface area (Å²) in [6.07, 6.45) is 0. The average Bonchev–Trinajstić information content (AvgIpc) is 2.78. The fourth-order valence-corrected chi connectivity index (χ4v) is 1.80. The molecule has 1 aromatic heterocycles. The molecule has 0 amide bonds. The van der Waals surface area contributed by atoms with E-state index >= 15 is 0 Å². The molecule has 4 nitrogen and oxygen atoms in total. The van der Waals surface area contributed by atoms with Gasteiger partial charge in [-0.1, -0.05) is 38.1 Å². The maximum absolute atomic E-state index is 10.8. The zero-order valence-corrected chi connectivity index (χ0v) is 9.77. The van der Waals surface area contributed by atoms with Crippen molar-refractivity contribution < 1.29 is 9.90 Å². The lowest BCUT2D eigenvalue weighted by Gasteiger charge is -2.09. The molecule has 2 N–H and O–H groups in total. The van der Waals surface area contributed by atoms with Crippen LogP contribution in [0.2, 0.25) is 0 Å². The summed E-state index contributed by atoms with van der Waals surface area (Å²) in [5, 5.41) is 15.4. The fourth-order valence-electron chi connectivity index (χ4n) is 1.80. The second-order valence-electron chi connectivity index (χ2n) is 4.21. The van der Waals surface area contributed by atoms with E-state index in [9.17, 15) is 4.79 Å². The van der Waals surface area contributed by atoms with Crippen LogP contribution in [-0.2, 0) is 0 Å². The number of benzene rings is 1. The monoisotopic (exact) mass is 230 g/mol. The van der Waals surface area contributed by atoms with Crippen molar-refractivity contribution in [1.82, 2.24) is 10.2 Å². The van der Waals surface area contributed by atoms with Gasteiger partial charge in [-0.15, -0.1) is 0 Å². The van der Waals surface area contributed by atoms with Gasteiger partial charge in [0.1, 0.15) is 5.69 Å². The van der Waals surface area contributed by atoms with Crippen LogP contribution in [0.15, 0.2) is 30.3 Å². The van der Waals surface area contributed by atoms with Crippen LogP contribution in [0.25, 0.3) is 11.3 Å². The number of aromatic amines is 1. The Hall–Kier alpha value is -2.10. The Bertz CT molecular complexity index is 544. The molecule has 0 spiro atoms. The number of rotatable bonds is 3. The molecule has 1 aromatic carbocycles. The number of carbonyl (C=O) groups is 1. The van der Waals surface area contributed by atoms with Gasteiger partial charge >= 0.3 is 5.97 Å². The highest BCUT2D eigenvalue weighted by molar-refractivity contribution is 5.87. The number of hydrogen-bond acceptors (Lipinski definition) is 2. The first kappa shape index (κ1) is 11.4.